The maximum Gasteiger partial charge on any atom is 0.417 e. The Morgan fingerprint density at radius 3 is 2.30 bits per heavy atom. The number of aromatic nitrogens is 5. The number of amides is 2. The topological polar surface area (TPSA) is 129 Å². The van der Waals surface area contributed by atoms with Gasteiger partial charge in [-0.1, -0.05) is 18.2 Å². The van der Waals surface area contributed by atoms with Crippen LogP contribution in [-0.2, 0) is 6.18 Å². The first kappa shape index (κ1) is 23.6. The largest absolute Gasteiger partial charge is 0.417 e. The van der Waals surface area contributed by atoms with Crippen LogP contribution < -0.4 is 11.1 Å². The number of carbonyl (C=O) groups is 2. The Labute approximate surface area is 206 Å². The third-order valence-corrected chi connectivity index (χ3v) is 5.42. The SMILES string of the molecule is NC(=O)c1cnc2c(NC(=O)c3ccc(C(F)(F)F)c(-c4ncccn4)c3)n(-c3ccccc3)nc2c1. The van der Waals surface area contributed by atoms with Gasteiger partial charge in [0.15, 0.2) is 11.6 Å². The van der Waals surface area contributed by atoms with Crippen molar-refractivity contribution in [2.45, 2.75) is 6.18 Å². The summed E-state index contributed by atoms with van der Waals surface area (Å²) in [6, 6.07) is 14.7. The van der Waals surface area contributed by atoms with Crippen LogP contribution in [-0.4, -0.2) is 36.5 Å². The zero-order valence-corrected chi connectivity index (χ0v) is 18.8. The number of anilines is 1. The molecule has 0 unspecified atom stereocenters. The van der Waals surface area contributed by atoms with E-state index < -0.39 is 23.6 Å². The molecule has 9 nitrogen and oxygen atoms in total. The third kappa shape index (κ3) is 4.59. The summed E-state index contributed by atoms with van der Waals surface area (Å²) in [5.41, 5.74) is 5.18. The molecule has 2 aromatic carbocycles. The fourth-order valence-electron chi connectivity index (χ4n) is 3.71. The summed E-state index contributed by atoms with van der Waals surface area (Å²) in [6.45, 7) is 0. The number of primary amides is 1. The first-order valence-corrected chi connectivity index (χ1v) is 10.8. The number of hydrogen-bond acceptors (Lipinski definition) is 6. The second-order valence-electron chi connectivity index (χ2n) is 7.84. The van der Waals surface area contributed by atoms with Crippen LogP contribution in [0.25, 0.3) is 28.1 Å². The van der Waals surface area contributed by atoms with E-state index in [1.54, 1.807) is 30.3 Å². The van der Waals surface area contributed by atoms with Crippen molar-refractivity contribution in [2.75, 3.05) is 5.32 Å². The molecule has 184 valence electrons. The van der Waals surface area contributed by atoms with Crippen molar-refractivity contribution < 1.29 is 22.8 Å². The van der Waals surface area contributed by atoms with Gasteiger partial charge in [0.1, 0.15) is 11.0 Å². The summed E-state index contributed by atoms with van der Waals surface area (Å²) in [7, 11) is 0. The number of para-hydroxylation sites is 1. The molecular formula is C25H16F3N7O2. The Bertz CT molecular complexity index is 1640. The summed E-state index contributed by atoms with van der Waals surface area (Å²) in [5.74, 6) is -1.44. The van der Waals surface area contributed by atoms with Crippen LogP contribution in [0.3, 0.4) is 0 Å². The highest BCUT2D eigenvalue weighted by Gasteiger charge is 2.35. The molecule has 3 aromatic heterocycles. The summed E-state index contributed by atoms with van der Waals surface area (Å²) in [6.07, 6.45) is -0.814. The molecule has 5 rings (SSSR count). The molecule has 0 aliphatic heterocycles. The Kier molecular flexibility index (Phi) is 5.84. The molecule has 0 bridgehead atoms. The number of hydrogen-bond donors (Lipinski definition) is 2. The van der Waals surface area contributed by atoms with E-state index in [1.807, 2.05) is 0 Å². The number of alkyl halides is 3. The lowest BCUT2D eigenvalue weighted by atomic mass is 10.0. The molecule has 0 radical (unpaired) electrons. The summed E-state index contributed by atoms with van der Waals surface area (Å²) < 4.78 is 42.4. The van der Waals surface area contributed by atoms with Crippen LogP contribution in [0.5, 0.6) is 0 Å². The number of fused-ring (bicyclic) bond motifs is 1. The molecular weight excluding hydrogens is 487 g/mol. The monoisotopic (exact) mass is 503 g/mol. The third-order valence-electron chi connectivity index (χ3n) is 5.42. The van der Waals surface area contributed by atoms with E-state index in [1.165, 1.54) is 35.4 Å². The minimum Gasteiger partial charge on any atom is -0.366 e. The average molecular weight is 503 g/mol. The quantitative estimate of drug-likeness (QED) is 0.369. The normalized spacial score (nSPS) is 11.4. The van der Waals surface area contributed by atoms with Crippen LogP contribution in [0.1, 0.15) is 26.3 Å². The van der Waals surface area contributed by atoms with Crippen molar-refractivity contribution >= 4 is 28.7 Å². The average Bonchev–Trinajstić information content (AvgIpc) is 3.26. The number of benzene rings is 2. The zero-order chi connectivity index (χ0) is 26.2. The molecule has 37 heavy (non-hydrogen) atoms. The van der Waals surface area contributed by atoms with Gasteiger partial charge in [0.25, 0.3) is 5.91 Å². The van der Waals surface area contributed by atoms with Crippen molar-refractivity contribution in [3.8, 4) is 17.1 Å². The van der Waals surface area contributed by atoms with Gasteiger partial charge in [0.2, 0.25) is 5.91 Å². The van der Waals surface area contributed by atoms with Crippen LogP contribution >= 0.6 is 0 Å². The molecule has 0 fully saturated rings. The number of pyridine rings is 1. The van der Waals surface area contributed by atoms with Gasteiger partial charge in [0.05, 0.1) is 16.8 Å². The molecule has 0 aliphatic carbocycles. The highest BCUT2D eigenvalue weighted by atomic mass is 19.4. The van der Waals surface area contributed by atoms with Gasteiger partial charge in [-0.3, -0.25) is 9.59 Å². The van der Waals surface area contributed by atoms with E-state index >= 15 is 0 Å². The van der Waals surface area contributed by atoms with E-state index in [-0.39, 0.29) is 39.4 Å². The highest BCUT2D eigenvalue weighted by Crippen LogP contribution is 2.36. The standard InChI is InChI=1S/C25H16F3N7O2/c26-25(27,28)18-8-7-14(11-17(18)22-30-9-4-10-31-22)24(37)33-23-20-19(12-15(13-32-20)21(29)36)34-35(23)16-5-2-1-3-6-16/h1-13H,(H2,29,36)(H,33,37). The molecule has 0 saturated heterocycles. The van der Waals surface area contributed by atoms with Gasteiger partial charge < -0.3 is 11.1 Å². The van der Waals surface area contributed by atoms with Gasteiger partial charge in [-0.05, 0) is 42.5 Å². The summed E-state index contributed by atoms with van der Waals surface area (Å²) in [5, 5.41) is 7.14. The fraction of sp³-hybridized carbons (Fsp3) is 0.0400. The van der Waals surface area contributed by atoms with Crippen LogP contribution in [0.2, 0.25) is 0 Å². The van der Waals surface area contributed by atoms with Gasteiger partial charge in [-0.2, -0.15) is 18.3 Å². The number of nitrogens with two attached hydrogens (primary N) is 1. The number of nitrogens with one attached hydrogen (secondary N) is 1. The second kappa shape index (κ2) is 9.15. The summed E-state index contributed by atoms with van der Waals surface area (Å²) >= 11 is 0. The van der Waals surface area contributed by atoms with Gasteiger partial charge in [-0.25, -0.2) is 19.6 Å². The minimum absolute atomic E-state index is 0.0711. The van der Waals surface area contributed by atoms with Crippen LogP contribution in [0.4, 0.5) is 19.0 Å². The second-order valence-corrected chi connectivity index (χ2v) is 7.84. The summed E-state index contributed by atoms with van der Waals surface area (Å²) in [4.78, 5) is 36.9. The molecule has 2 amide bonds. The Hall–Kier alpha value is -5.13. The Morgan fingerprint density at radius 2 is 1.62 bits per heavy atom. The lowest BCUT2D eigenvalue weighted by Crippen LogP contribution is -2.17. The molecule has 3 heterocycles. The lowest BCUT2D eigenvalue weighted by Gasteiger charge is -2.14. The van der Waals surface area contributed by atoms with Crippen molar-refractivity contribution in [3.05, 3.63) is 95.9 Å². The van der Waals surface area contributed by atoms with E-state index in [2.05, 4.69) is 25.4 Å². The molecule has 5 aromatic rings. The van der Waals surface area contributed by atoms with Crippen molar-refractivity contribution in [1.82, 2.24) is 24.7 Å². The predicted molar refractivity (Wildman–Crippen MR) is 128 cm³/mol. The first-order valence-electron chi connectivity index (χ1n) is 10.8. The van der Waals surface area contributed by atoms with E-state index in [4.69, 9.17) is 5.73 Å². The number of carbonyl (C=O) groups excluding carboxylic acids is 2. The van der Waals surface area contributed by atoms with Gasteiger partial charge in [0, 0.05) is 29.7 Å². The zero-order valence-electron chi connectivity index (χ0n) is 18.8. The maximum atomic E-state index is 13.7. The van der Waals surface area contributed by atoms with Gasteiger partial charge in [-0.15, -0.1) is 0 Å². The molecule has 0 atom stereocenters. The molecule has 0 saturated carbocycles. The predicted octanol–water partition coefficient (Wildman–Crippen LogP) is 4.25. The number of nitrogens with zero attached hydrogens (tertiary/aromatic N) is 5. The smallest absolute Gasteiger partial charge is 0.366 e. The van der Waals surface area contributed by atoms with Crippen LogP contribution in [0.15, 0.2) is 79.3 Å². The molecule has 12 heteroatoms. The van der Waals surface area contributed by atoms with Crippen molar-refractivity contribution in [3.63, 3.8) is 0 Å². The maximum absolute atomic E-state index is 13.7. The van der Waals surface area contributed by atoms with E-state index in [0.29, 0.717) is 5.69 Å². The van der Waals surface area contributed by atoms with E-state index in [0.717, 1.165) is 18.2 Å². The minimum atomic E-state index is -4.69. The van der Waals surface area contributed by atoms with Crippen molar-refractivity contribution in [2.24, 2.45) is 5.73 Å². The van der Waals surface area contributed by atoms with Crippen molar-refractivity contribution in [1.29, 1.82) is 0 Å². The highest BCUT2D eigenvalue weighted by molar-refractivity contribution is 6.08. The molecule has 0 spiro atoms. The first-order chi connectivity index (χ1) is 17.7. The Balaban J connectivity index is 1.60. The number of halogens is 3. The lowest BCUT2D eigenvalue weighted by molar-refractivity contribution is -0.137. The molecule has 0 aliphatic rings. The van der Waals surface area contributed by atoms with Gasteiger partial charge >= 0.3 is 6.18 Å². The number of rotatable bonds is 5. The van der Waals surface area contributed by atoms with Crippen LogP contribution in [0, 0.1) is 0 Å². The molecule has 3 N–H and O–H groups in total. The van der Waals surface area contributed by atoms with E-state index in [9.17, 15) is 22.8 Å². The fourth-order valence-corrected chi connectivity index (χ4v) is 3.71. The Morgan fingerprint density at radius 1 is 0.892 bits per heavy atom.